The third kappa shape index (κ3) is 0.634. The SMILES string of the molecule is O[C@@H]1C[C@@H]2CC[C@H](O)[C@@H]21. The van der Waals surface area contributed by atoms with E-state index in [9.17, 15) is 5.11 Å². The van der Waals surface area contributed by atoms with Crippen LogP contribution in [0.25, 0.3) is 0 Å². The molecule has 0 amide bonds. The van der Waals surface area contributed by atoms with Crippen molar-refractivity contribution in [3.8, 4) is 0 Å². The quantitative estimate of drug-likeness (QED) is 0.487. The Balaban J connectivity index is 2.06. The monoisotopic (exact) mass is 128 g/mol. The fourth-order valence-electron chi connectivity index (χ4n) is 2.20. The third-order valence-electron chi connectivity index (χ3n) is 2.81. The molecule has 0 aromatic carbocycles. The maximum Gasteiger partial charge on any atom is 0.0598 e. The number of hydrogen-bond acceptors (Lipinski definition) is 2. The van der Waals surface area contributed by atoms with E-state index in [1.807, 2.05) is 0 Å². The average molecular weight is 128 g/mol. The molecule has 0 heterocycles. The number of aliphatic hydroxyl groups excluding tert-OH is 2. The summed E-state index contributed by atoms with van der Waals surface area (Å²) in [5, 5.41) is 18.4. The first kappa shape index (κ1) is 5.69. The van der Waals surface area contributed by atoms with Gasteiger partial charge in [-0.05, 0) is 25.2 Å². The van der Waals surface area contributed by atoms with Crippen molar-refractivity contribution in [2.45, 2.75) is 31.5 Å². The van der Waals surface area contributed by atoms with Crippen molar-refractivity contribution in [3.05, 3.63) is 0 Å². The van der Waals surface area contributed by atoms with Crippen LogP contribution in [-0.4, -0.2) is 22.4 Å². The first-order chi connectivity index (χ1) is 4.29. The molecule has 52 valence electrons. The normalized spacial score (nSPS) is 56.7. The topological polar surface area (TPSA) is 40.5 Å². The van der Waals surface area contributed by atoms with Crippen molar-refractivity contribution in [2.75, 3.05) is 0 Å². The van der Waals surface area contributed by atoms with Crippen LogP contribution in [0.5, 0.6) is 0 Å². The van der Waals surface area contributed by atoms with E-state index < -0.39 is 0 Å². The molecule has 0 bridgehead atoms. The molecule has 2 fully saturated rings. The minimum absolute atomic E-state index is 0.188. The summed E-state index contributed by atoms with van der Waals surface area (Å²) in [7, 11) is 0. The maximum atomic E-state index is 9.23. The molecule has 2 N–H and O–H groups in total. The Morgan fingerprint density at radius 3 is 2.22 bits per heavy atom. The Kier molecular flexibility index (Phi) is 1.08. The lowest BCUT2D eigenvalue weighted by Gasteiger charge is -2.38. The van der Waals surface area contributed by atoms with Gasteiger partial charge in [0.1, 0.15) is 0 Å². The molecule has 0 aromatic heterocycles. The molecule has 0 aromatic rings. The lowest BCUT2D eigenvalue weighted by Crippen LogP contribution is -2.42. The van der Waals surface area contributed by atoms with E-state index in [-0.39, 0.29) is 18.1 Å². The Labute approximate surface area is 54.5 Å². The number of aliphatic hydroxyl groups is 2. The highest BCUT2D eigenvalue weighted by atomic mass is 16.3. The third-order valence-corrected chi connectivity index (χ3v) is 2.81. The second-order valence-corrected chi connectivity index (χ2v) is 3.29. The summed E-state index contributed by atoms with van der Waals surface area (Å²) in [5.74, 6) is 0.889. The van der Waals surface area contributed by atoms with Gasteiger partial charge in [-0.25, -0.2) is 0 Å². The largest absolute Gasteiger partial charge is 0.393 e. The highest BCUT2D eigenvalue weighted by molar-refractivity contribution is 4.98. The van der Waals surface area contributed by atoms with Gasteiger partial charge in [0.15, 0.2) is 0 Å². The van der Waals surface area contributed by atoms with Gasteiger partial charge >= 0.3 is 0 Å². The van der Waals surface area contributed by atoms with E-state index in [0.717, 1.165) is 19.3 Å². The Morgan fingerprint density at radius 1 is 1.00 bits per heavy atom. The Bertz CT molecular complexity index is 115. The zero-order valence-electron chi connectivity index (χ0n) is 5.33. The van der Waals surface area contributed by atoms with Gasteiger partial charge < -0.3 is 10.2 Å². The molecule has 9 heavy (non-hydrogen) atoms. The summed E-state index contributed by atoms with van der Waals surface area (Å²) in [4.78, 5) is 0. The zero-order valence-corrected chi connectivity index (χ0v) is 5.33. The molecule has 2 aliphatic carbocycles. The first-order valence-electron chi connectivity index (χ1n) is 3.65. The zero-order chi connectivity index (χ0) is 6.43. The fourth-order valence-corrected chi connectivity index (χ4v) is 2.20. The smallest absolute Gasteiger partial charge is 0.0598 e. The summed E-state index contributed by atoms with van der Waals surface area (Å²) in [6.07, 6.45) is 2.59. The molecule has 2 heteroatoms. The summed E-state index contributed by atoms with van der Waals surface area (Å²) < 4.78 is 0. The van der Waals surface area contributed by atoms with Crippen molar-refractivity contribution in [1.82, 2.24) is 0 Å². The minimum Gasteiger partial charge on any atom is -0.393 e. The van der Waals surface area contributed by atoms with Crippen LogP contribution in [-0.2, 0) is 0 Å². The van der Waals surface area contributed by atoms with Crippen molar-refractivity contribution >= 4 is 0 Å². The second kappa shape index (κ2) is 1.70. The molecule has 2 nitrogen and oxygen atoms in total. The molecule has 2 rings (SSSR count). The van der Waals surface area contributed by atoms with E-state index in [0.29, 0.717) is 5.92 Å². The van der Waals surface area contributed by atoms with Crippen molar-refractivity contribution in [1.29, 1.82) is 0 Å². The van der Waals surface area contributed by atoms with Crippen LogP contribution in [0.4, 0.5) is 0 Å². The van der Waals surface area contributed by atoms with Crippen LogP contribution in [0.15, 0.2) is 0 Å². The lowest BCUT2D eigenvalue weighted by atomic mass is 9.73. The summed E-state index contributed by atoms with van der Waals surface area (Å²) in [6.45, 7) is 0. The molecule has 2 aliphatic rings. The fraction of sp³-hybridized carbons (Fsp3) is 1.00. The van der Waals surface area contributed by atoms with E-state index in [1.165, 1.54) is 0 Å². The van der Waals surface area contributed by atoms with Crippen LogP contribution in [0.2, 0.25) is 0 Å². The van der Waals surface area contributed by atoms with E-state index in [1.54, 1.807) is 0 Å². The molecular formula is C7H12O2. The number of fused-ring (bicyclic) bond motifs is 1. The van der Waals surface area contributed by atoms with Crippen molar-refractivity contribution in [2.24, 2.45) is 11.8 Å². The van der Waals surface area contributed by atoms with Gasteiger partial charge in [-0.1, -0.05) is 0 Å². The van der Waals surface area contributed by atoms with Crippen molar-refractivity contribution in [3.63, 3.8) is 0 Å². The summed E-state index contributed by atoms with van der Waals surface area (Å²) in [6, 6.07) is 0. The van der Waals surface area contributed by atoms with Gasteiger partial charge in [-0.2, -0.15) is 0 Å². The van der Waals surface area contributed by atoms with Gasteiger partial charge in [-0.15, -0.1) is 0 Å². The molecule has 0 aliphatic heterocycles. The van der Waals surface area contributed by atoms with Crippen LogP contribution in [0.3, 0.4) is 0 Å². The van der Waals surface area contributed by atoms with Gasteiger partial charge in [0.05, 0.1) is 12.2 Å². The first-order valence-corrected chi connectivity index (χ1v) is 3.65. The van der Waals surface area contributed by atoms with Gasteiger partial charge in [-0.3, -0.25) is 0 Å². The molecule has 0 radical (unpaired) electrons. The second-order valence-electron chi connectivity index (χ2n) is 3.29. The molecule has 0 saturated heterocycles. The minimum atomic E-state index is -0.196. The highest BCUT2D eigenvalue weighted by Crippen LogP contribution is 2.46. The number of rotatable bonds is 0. The summed E-state index contributed by atoms with van der Waals surface area (Å²) >= 11 is 0. The predicted octanol–water partition coefficient (Wildman–Crippen LogP) is 0.138. The van der Waals surface area contributed by atoms with E-state index >= 15 is 0 Å². The predicted molar refractivity (Wildman–Crippen MR) is 32.8 cm³/mol. The summed E-state index contributed by atoms with van der Waals surface area (Å²) in [5.41, 5.74) is 0. The van der Waals surface area contributed by atoms with Crippen LogP contribution < -0.4 is 0 Å². The molecule has 2 saturated carbocycles. The standard InChI is InChI=1S/C7H12O2/c8-5-2-1-4-3-6(9)7(4)5/h4-9H,1-3H2/t4-,5-,6+,7+/m0/s1. The van der Waals surface area contributed by atoms with Crippen LogP contribution in [0, 0.1) is 11.8 Å². The molecule has 4 atom stereocenters. The van der Waals surface area contributed by atoms with Crippen LogP contribution >= 0.6 is 0 Å². The number of hydrogen-bond donors (Lipinski definition) is 2. The van der Waals surface area contributed by atoms with Gasteiger partial charge in [0.25, 0.3) is 0 Å². The van der Waals surface area contributed by atoms with Gasteiger partial charge in [0.2, 0.25) is 0 Å². The molecule has 0 spiro atoms. The van der Waals surface area contributed by atoms with Crippen LogP contribution in [0.1, 0.15) is 19.3 Å². The van der Waals surface area contributed by atoms with Gasteiger partial charge in [0, 0.05) is 5.92 Å². The van der Waals surface area contributed by atoms with E-state index in [4.69, 9.17) is 5.11 Å². The lowest BCUT2D eigenvalue weighted by molar-refractivity contribution is -0.0628. The molecular weight excluding hydrogens is 116 g/mol. The Morgan fingerprint density at radius 2 is 1.78 bits per heavy atom. The average Bonchev–Trinajstić information content (AvgIpc) is 2.04. The molecule has 0 unspecified atom stereocenters. The maximum absolute atomic E-state index is 9.23. The van der Waals surface area contributed by atoms with E-state index in [2.05, 4.69) is 0 Å². The van der Waals surface area contributed by atoms with Crippen molar-refractivity contribution < 1.29 is 10.2 Å². The Hall–Kier alpha value is -0.0800. The highest BCUT2D eigenvalue weighted by Gasteiger charge is 2.48.